The summed E-state index contributed by atoms with van der Waals surface area (Å²) >= 11 is 0. The average Bonchev–Trinajstić information content (AvgIpc) is 2.44. The highest BCUT2D eigenvalue weighted by atomic mass is 19.2. The molecule has 114 valence electrons. The van der Waals surface area contributed by atoms with Crippen LogP contribution in [0.5, 0.6) is 0 Å². The first kappa shape index (κ1) is 15.6. The zero-order valence-electron chi connectivity index (χ0n) is 11.4. The molecule has 0 heterocycles. The number of nitrogens with one attached hydrogen (secondary N) is 2. The lowest BCUT2D eigenvalue weighted by atomic mass is 10.2. The normalized spacial score (nSPS) is 10.2. The van der Waals surface area contributed by atoms with Gasteiger partial charge in [0.1, 0.15) is 5.82 Å². The van der Waals surface area contributed by atoms with Gasteiger partial charge in [0.15, 0.2) is 11.6 Å². The largest absolute Gasteiger partial charge is 0.326 e. The Bertz CT molecular complexity index is 730. The molecule has 0 saturated carbocycles. The number of amides is 2. The Kier molecular flexibility index (Phi) is 4.45. The third-order valence-electron chi connectivity index (χ3n) is 2.73. The van der Waals surface area contributed by atoms with Crippen molar-refractivity contribution in [2.45, 2.75) is 6.92 Å². The summed E-state index contributed by atoms with van der Waals surface area (Å²) in [7, 11) is 0. The number of rotatable bonds is 3. The summed E-state index contributed by atoms with van der Waals surface area (Å²) in [4.78, 5) is 22.8. The van der Waals surface area contributed by atoms with E-state index in [0.717, 1.165) is 0 Å². The molecule has 7 heteroatoms. The summed E-state index contributed by atoms with van der Waals surface area (Å²) in [5.74, 6) is -4.64. The fraction of sp³-hybridized carbons (Fsp3) is 0.0667. The first-order valence-electron chi connectivity index (χ1n) is 6.20. The molecule has 0 saturated heterocycles. The minimum Gasteiger partial charge on any atom is -0.326 e. The zero-order valence-corrected chi connectivity index (χ0v) is 11.4. The van der Waals surface area contributed by atoms with E-state index in [1.54, 1.807) is 0 Å². The van der Waals surface area contributed by atoms with Crippen molar-refractivity contribution in [1.82, 2.24) is 0 Å². The minimum atomic E-state index is -1.34. The Hall–Kier alpha value is -2.83. The van der Waals surface area contributed by atoms with Crippen molar-refractivity contribution in [1.29, 1.82) is 0 Å². The highest BCUT2D eigenvalue weighted by Crippen LogP contribution is 2.19. The van der Waals surface area contributed by atoms with E-state index in [0.29, 0.717) is 17.8 Å². The van der Waals surface area contributed by atoms with Crippen LogP contribution in [0.4, 0.5) is 24.5 Å². The fourth-order valence-corrected chi connectivity index (χ4v) is 1.72. The summed E-state index contributed by atoms with van der Waals surface area (Å²) in [6.45, 7) is 1.34. The molecule has 0 fully saturated rings. The molecule has 0 aromatic heterocycles. The molecule has 0 aliphatic heterocycles. The molecule has 0 bridgehead atoms. The van der Waals surface area contributed by atoms with Gasteiger partial charge in [0.05, 0.1) is 5.69 Å². The van der Waals surface area contributed by atoms with Crippen molar-refractivity contribution >= 4 is 23.2 Å². The van der Waals surface area contributed by atoms with E-state index in [9.17, 15) is 22.8 Å². The summed E-state index contributed by atoms with van der Waals surface area (Å²) < 4.78 is 39.3. The van der Waals surface area contributed by atoms with Crippen LogP contribution in [0, 0.1) is 17.5 Å². The van der Waals surface area contributed by atoms with Gasteiger partial charge in [-0.05, 0) is 24.3 Å². The molecule has 2 N–H and O–H groups in total. The van der Waals surface area contributed by atoms with Crippen LogP contribution in [0.15, 0.2) is 36.4 Å². The number of anilines is 2. The van der Waals surface area contributed by atoms with Gasteiger partial charge in [-0.25, -0.2) is 13.2 Å². The van der Waals surface area contributed by atoms with E-state index in [1.165, 1.54) is 31.2 Å². The monoisotopic (exact) mass is 308 g/mol. The predicted octanol–water partition coefficient (Wildman–Crippen LogP) is 3.31. The lowest BCUT2D eigenvalue weighted by Gasteiger charge is -2.08. The Morgan fingerprint density at radius 3 is 2.05 bits per heavy atom. The molecule has 4 nitrogen and oxygen atoms in total. The van der Waals surface area contributed by atoms with Crippen LogP contribution in [0.25, 0.3) is 0 Å². The molecule has 0 aliphatic rings. The van der Waals surface area contributed by atoms with Gasteiger partial charge in [-0.2, -0.15) is 0 Å². The molecule has 0 atom stereocenters. The number of benzene rings is 2. The van der Waals surface area contributed by atoms with Gasteiger partial charge in [0.25, 0.3) is 5.91 Å². The molecule has 0 aliphatic carbocycles. The highest BCUT2D eigenvalue weighted by Gasteiger charge is 2.13. The average molecular weight is 308 g/mol. The third-order valence-corrected chi connectivity index (χ3v) is 2.73. The smallest absolute Gasteiger partial charge is 0.255 e. The summed E-state index contributed by atoms with van der Waals surface area (Å²) in [6, 6.07) is 6.69. The second-order valence-corrected chi connectivity index (χ2v) is 4.46. The van der Waals surface area contributed by atoms with Gasteiger partial charge < -0.3 is 10.6 Å². The van der Waals surface area contributed by atoms with Crippen molar-refractivity contribution in [3.8, 4) is 0 Å². The van der Waals surface area contributed by atoms with E-state index in [2.05, 4.69) is 10.6 Å². The molecule has 22 heavy (non-hydrogen) atoms. The molecular weight excluding hydrogens is 297 g/mol. The van der Waals surface area contributed by atoms with Gasteiger partial charge in [-0.1, -0.05) is 0 Å². The van der Waals surface area contributed by atoms with Crippen LogP contribution in [0.3, 0.4) is 0 Å². The first-order chi connectivity index (χ1) is 10.4. The Morgan fingerprint density at radius 1 is 0.864 bits per heavy atom. The lowest BCUT2D eigenvalue weighted by Crippen LogP contribution is -2.14. The van der Waals surface area contributed by atoms with E-state index in [4.69, 9.17) is 0 Å². The SMILES string of the molecule is CC(=O)Nc1ccc(C(=O)Nc2cc(F)c(F)cc2F)cc1. The van der Waals surface area contributed by atoms with E-state index >= 15 is 0 Å². The van der Waals surface area contributed by atoms with Gasteiger partial charge in [-0.3, -0.25) is 9.59 Å². The maximum atomic E-state index is 13.4. The zero-order chi connectivity index (χ0) is 16.3. The van der Waals surface area contributed by atoms with Crippen LogP contribution in [-0.4, -0.2) is 11.8 Å². The molecular formula is C15H11F3N2O2. The molecule has 2 rings (SSSR count). The standard InChI is InChI=1S/C15H11F3N2O2/c1-8(21)19-10-4-2-9(3-5-10)15(22)20-14-7-12(17)11(16)6-13(14)18/h2-7H,1H3,(H,19,21)(H,20,22). The molecule has 0 spiro atoms. The van der Waals surface area contributed by atoms with Crippen LogP contribution < -0.4 is 10.6 Å². The molecule has 0 unspecified atom stereocenters. The maximum absolute atomic E-state index is 13.4. The van der Waals surface area contributed by atoms with Crippen molar-refractivity contribution in [2.75, 3.05) is 10.6 Å². The summed E-state index contributed by atoms with van der Waals surface area (Å²) in [6.07, 6.45) is 0. The molecule has 2 amide bonds. The van der Waals surface area contributed by atoms with Crippen molar-refractivity contribution < 1.29 is 22.8 Å². The quantitative estimate of drug-likeness (QED) is 0.855. The predicted molar refractivity (Wildman–Crippen MR) is 75.0 cm³/mol. The number of halogens is 3. The second kappa shape index (κ2) is 6.30. The second-order valence-electron chi connectivity index (χ2n) is 4.46. The highest BCUT2D eigenvalue weighted by molar-refractivity contribution is 6.04. The summed E-state index contributed by atoms with van der Waals surface area (Å²) in [5.41, 5.74) is 0.191. The van der Waals surface area contributed by atoms with E-state index in [1.807, 2.05) is 0 Å². The third kappa shape index (κ3) is 3.63. The van der Waals surface area contributed by atoms with Gasteiger partial charge >= 0.3 is 0 Å². The van der Waals surface area contributed by atoms with Crippen LogP contribution in [0.1, 0.15) is 17.3 Å². The van der Waals surface area contributed by atoms with Crippen molar-refractivity contribution in [3.05, 3.63) is 59.4 Å². The molecule has 2 aromatic carbocycles. The Balaban J connectivity index is 2.15. The molecule has 2 aromatic rings. The van der Waals surface area contributed by atoms with Crippen molar-refractivity contribution in [2.24, 2.45) is 0 Å². The topological polar surface area (TPSA) is 58.2 Å². The molecule has 0 radical (unpaired) electrons. The maximum Gasteiger partial charge on any atom is 0.255 e. The van der Waals surface area contributed by atoms with Gasteiger partial charge in [0, 0.05) is 30.3 Å². The van der Waals surface area contributed by atoms with Crippen LogP contribution in [-0.2, 0) is 4.79 Å². The van der Waals surface area contributed by atoms with E-state index in [-0.39, 0.29) is 11.5 Å². The lowest BCUT2D eigenvalue weighted by molar-refractivity contribution is -0.114. The first-order valence-corrected chi connectivity index (χ1v) is 6.20. The number of hydrogen-bond donors (Lipinski definition) is 2. The number of hydrogen-bond acceptors (Lipinski definition) is 2. The van der Waals surface area contributed by atoms with Crippen molar-refractivity contribution in [3.63, 3.8) is 0 Å². The Labute approximate surface area is 124 Å². The minimum absolute atomic E-state index is 0.165. The van der Waals surface area contributed by atoms with Crippen LogP contribution >= 0.6 is 0 Å². The van der Waals surface area contributed by atoms with Crippen LogP contribution in [0.2, 0.25) is 0 Å². The number of carbonyl (C=O) groups is 2. The van der Waals surface area contributed by atoms with Gasteiger partial charge in [-0.15, -0.1) is 0 Å². The summed E-state index contributed by atoms with van der Waals surface area (Å²) in [5, 5.41) is 4.67. The number of carbonyl (C=O) groups excluding carboxylic acids is 2. The Morgan fingerprint density at radius 2 is 1.45 bits per heavy atom. The van der Waals surface area contributed by atoms with E-state index < -0.39 is 29.0 Å². The fourth-order valence-electron chi connectivity index (χ4n) is 1.72. The van der Waals surface area contributed by atoms with Gasteiger partial charge in [0.2, 0.25) is 5.91 Å².